The van der Waals surface area contributed by atoms with E-state index in [1.54, 1.807) is 0 Å². The Morgan fingerprint density at radius 1 is 1.04 bits per heavy atom. The van der Waals surface area contributed by atoms with Gasteiger partial charge in [0.15, 0.2) is 11.0 Å². The summed E-state index contributed by atoms with van der Waals surface area (Å²) < 4.78 is 0. The molecule has 1 aromatic heterocycles. The lowest BCUT2D eigenvalue weighted by atomic mass is 9.86. The van der Waals surface area contributed by atoms with Crippen LogP contribution < -0.4 is 5.32 Å². The highest BCUT2D eigenvalue weighted by Crippen LogP contribution is 2.32. The Bertz CT molecular complexity index is 1030. The molecule has 28 heavy (non-hydrogen) atoms. The van der Waals surface area contributed by atoms with Gasteiger partial charge < -0.3 is 5.32 Å². The first-order valence-corrected chi connectivity index (χ1v) is 10.3. The Morgan fingerprint density at radius 2 is 1.75 bits per heavy atom. The Kier molecular flexibility index (Phi) is 5.71. The van der Waals surface area contributed by atoms with Crippen LogP contribution in [0.3, 0.4) is 0 Å². The largest absolute Gasteiger partial charge is 0.339 e. The van der Waals surface area contributed by atoms with Gasteiger partial charge in [0.2, 0.25) is 0 Å². The predicted molar refractivity (Wildman–Crippen MR) is 117 cm³/mol. The molecule has 0 aliphatic rings. The zero-order valence-corrected chi connectivity index (χ0v) is 17.7. The van der Waals surface area contributed by atoms with Gasteiger partial charge in [-0.3, -0.25) is 0 Å². The van der Waals surface area contributed by atoms with E-state index in [0.717, 1.165) is 16.8 Å². The zero-order chi connectivity index (χ0) is 20.3. The van der Waals surface area contributed by atoms with Crippen LogP contribution in [-0.2, 0) is 5.41 Å². The van der Waals surface area contributed by atoms with Crippen LogP contribution >= 0.6 is 11.8 Å². The second kappa shape index (κ2) is 8.04. The summed E-state index contributed by atoms with van der Waals surface area (Å²) in [6, 6.07) is 18.6. The van der Waals surface area contributed by atoms with Gasteiger partial charge in [-0.1, -0.05) is 68.9 Å². The van der Waals surface area contributed by atoms with Gasteiger partial charge >= 0.3 is 0 Å². The smallest absolute Gasteiger partial charge is 0.189 e. The summed E-state index contributed by atoms with van der Waals surface area (Å²) in [7, 11) is 0. The van der Waals surface area contributed by atoms with Gasteiger partial charge in [0.05, 0.1) is 5.69 Å². The lowest BCUT2D eigenvalue weighted by Crippen LogP contribution is -2.10. The van der Waals surface area contributed by atoms with Crippen molar-refractivity contribution in [1.82, 2.24) is 9.97 Å². The summed E-state index contributed by atoms with van der Waals surface area (Å²) in [5, 5.41) is 13.8. The first kappa shape index (κ1) is 19.9. The minimum atomic E-state index is 0.0740. The second-order valence-electron chi connectivity index (χ2n) is 7.72. The first-order valence-electron chi connectivity index (χ1n) is 9.12. The average Bonchev–Trinajstić information content (AvgIpc) is 2.67. The molecular formula is C23H24N4S. The van der Waals surface area contributed by atoms with Crippen molar-refractivity contribution >= 4 is 23.3 Å². The maximum Gasteiger partial charge on any atom is 0.189 e. The Balaban J connectivity index is 2.09. The molecule has 0 unspecified atom stereocenters. The van der Waals surface area contributed by atoms with Crippen LogP contribution in [0.15, 0.2) is 53.7 Å². The van der Waals surface area contributed by atoms with Gasteiger partial charge in [-0.25, -0.2) is 9.97 Å². The van der Waals surface area contributed by atoms with Gasteiger partial charge in [0.25, 0.3) is 0 Å². The van der Waals surface area contributed by atoms with Gasteiger partial charge in [-0.05, 0) is 41.9 Å². The molecule has 0 saturated heterocycles. The van der Waals surface area contributed by atoms with Crippen molar-refractivity contribution in [3.63, 3.8) is 0 Å². The Morgan fingerprint density at radius 3 is 2.32 bits per heavy atom. The number of nitrogens with one attached hydrogen (secondary N) is 1. The highest BCUT2D eigenvalue weighted by Gasteiger charge is 2.18. The van der Waals surface area contributed by atoms with E-state index in [1.807, 2.05) is 49.6 Å². The quantitative estimate of drug-likeness (QED) is 0.433. The fourth-order valence-electron chi connectivity index (χ4n) is 2.92. The lowest BCUT2D eigenvalue weighted by molar-refractivity contribution is 0.590. The van der Waals surface area contributed by atoms with Crippen molar-refractivity contribution in [3.05, 3.63) is 65.2 Å². The van der Waals surface area contributed by atoms with Crippen molar-refractivity contribution in [1.29, 1.82) is 5.26 Å². The third-order valence-corrected chi connectivity index (χ3v) is 5.04. The number of nitrogens with zero attached hydrogens (tertiary/aromatic N) is 3. The van der Waals surface area contributed by atoms with E-state index in [0.29, 0.717) is 22.2 Å². The summed E-state index contributed by atoms with van der Waals surface area (Å²) in [6.45, 7) is 8.58. The number of aryl methyl sites for hydroxylation is 1. The van der Waals surface area contributed by atoms with Crippen molar-refractivity contribution in [2.24, 2.45) is 0 Å². The topological polar surface area (TPSA) is 61.6 Å². The molecule has 0 atom stereocenters. The third kappa shape index (κ3) is 4.35. The van der Waals surface area contributed by atoms with Gasteiger partial charge in [0.1, 0.15) is 11.6 Å². The Hall–Kier alpha value is -2.84. The number of rotatable bonds is 4. The molecule has 2 aromatic carbocycles. The molecule has 3 aromatic rings. The molecule has 0 bridgehead atoms. The van der Waals surface area contributed by atoms with Crippen LogP contribution in [0.4, 0.5) is 11.5 Å². The van der Waals surface area contributed by atoms with Crippen LogP contribution in [0.25, 0.3) is 11.3 Å². The molecule has 1 heterocycles. The first-order chi connectivity index (χ1) is 13.3. The van der Waals surface area contributed by atoms with E-state index in [4.69, 9.17) is 0 Å². The van der Waals surface area contributed by atoms with Crippen molar-refractivity contribution in [3.8, 4) is 17.3 Å². The van der Waals surface area contributed by atoms with Crippen LogP contribution in [0, 0.1) is 18.3 Å². The molecule has 0 aliphatic carbocycles. The number of anilines is 2. The van der Waals surface area contributed by atoms with E-state index in [2.05, 4.69) is 54.3 Å². The number of aromatic nitrogens is 2. The van der Waals surface area contributed by atoms with Crippen LogP contribution in [0.5, 0.6) is 0 Å². The monoisotopic (exact) mass is 388 g/mol. The molecule has 3 rings (SSSR count). The summed E-state index contributed by atoms with van der Waals surface area (Å²) >= 11 is 1.46. The molecule has 0 spiro atoms. The summed E-state index contributed by atoms with van der Waals surface area (Å²) in [5.41, 5.74) is 5.36. The average molecular weight is 389 g/mol. The lowest BCUT2D eigenvalue weighted by Gasteiger charge is -2.19. The SMILES string of the molecule is CSc1nc(Nc2cccc(C)c2)c(C#N)c(-c2ccc(C(C)(C)C)cc2)n1. The van der Waals surface area contributed by atoms with Gasteiger partial charge in [-0.15, -0.1) is 0 Å². The number of benzene rings is 2. The third-order valence-electron chi connectivity index (χ3n) is 4.49. The van der Waals surface area contributed by atoms with Crippen molar-refractivity contribution in [2.75, 3.05) is 11.6 Å². The maximum atomic E-state index is 9.86. The highest BCUT2D eigenvalue weighted by atomic mass is 32.2. The molecular weight excluding hydrogens is 364 g/mol. The summed E-state index contributed by atoms with van der Waals surface area (Å²) in [4.78, 5) is 9.18. The molecule has 5 heteroatoms. The van der Waals surface area contributed by atoms with E-state index < -0.39 is 0 Å². The van der Waals surface area contributed by atoms with Crippen LogP contribution in [0.2, 0.25) is 0 Å². The second-order valence-corrected chi connectivity index (χ2v) is 8.49. The van der Waals surface area contributed by atoms with E-state index in [9.17, 15) is 5.26 Å². The van der Waals surface area contributed by atoms with E-state index >= 15 is 0 Å². The normalized spacial score (nSPS) is 11.1. The minimum Gasteiger partial charge on any atom is -0.339 e. The fraction of sp³-hybridized carbons (Fsp3) is 0.261. The maximum absolute atomic E-state index is 9.86. The van der Waals surface area contributed by atoms with Crippen molar-refractivity contribution in [2.45, 2.75) is 38.3 Å². The summed E-state index contributed by atoms with van der Waals surface area (Å²) in [6.07, 6.45) is 1.93. The van der Waals surface area contributed by atoms with Crippen LogP contribution in [-0.4, -0.2) is 16.2 Å². The van der Waals surface area contributed by atoms with Crippen molar-refractivity contribution < 1.29 is 0 Å². The molecule has 1 N–H and O–H groups in total. The van der Waals surface area contributed by atoms with E-state index in [1.165, 1.54) is 17.3 Å². The van der Waals surface area contributed by atoms with E-state index in [-0.39, 0.29) is 5.41 Å². The zero-order valence-electron chi connectivity index (χ0n) is 16.9. The minimum absolute atomic E-state index is 0.0740. The van der Waals surface area contributed by atoms with Gasteiger partial charge in [-0.2, -0.15) is 5.26 Å². The van der Waals surface area contributed by atoms with Crippen LogP contribution in [0.1, 0.15) is 37.5 Å². The van der Waals surface area contributed by atoms with Gasteiger partial charge in [0, 0.05) is 11.3 Å². The predicted octanol–water partition coefficient (Wildman–Crippen LogP) is 6.09. The molecule has 0 saturated carbocycles. The highest BCUT2D eigenvalue weighted by molar-refractivity contribution is 7.98. The molecule has 0 fully saturated rings. The molecule has 0 radical (unpaired) electrons. The number of thioether (sulfide) groups is 1. The summed E-state index contributed by atoms with van der Waals surface area (Å²) in [5.74, 6) is 0.530. The fourth-order valence-corrected chi connectivity index (χ4v) is 3.29. The Labute approximate surface area is 171 Å². The molecule has 4 nitrogen and oxygen atoms in total. The molecule has 0 amide bonds. The molecule has 0 aliphatic heterocycles. The standard InChI is InChI=1S/C23H24N4S/c1-15-7-6-8-18(13-15)25-21-19(14-24)20(26-22(27-21)28-5)16-9-11-17(12-10-16)23(2,3)4/h6-13H,1-5H3,(H,25,26,27). The number of nitriles is 1. The molecule has 142 valence electrons. The number of hydrogen-bond donors (Lipinski definition) is 1. The number of hydrogen-bond acceptors (Lipinski definition) is 5.